The fourth-order valence-corrected chi connectivity index (χ4v) is 2.29. The van der Waals surface area contributed by atoms with Crippen molar-refractivity contribution in [2.75, 3.05) is 5.32 Å². The van der Waals surface area contributed by atoms with Gasteiger partial charge in [-0.1, -0.05) is 18.1 Å². The molecular weight excluding hydrogens is 266 g/mol. The van der Waals surface area contributed by atoms with Crippen LogP contribution in [-0.4, -0.2) is 19.7 Å². The van der Waals surface area contributed by atoms with Crippen molar-refractivity contribution in [2.45, 2.75) is 33.2 Å². The first-order valence-electron chi connectivity index (χ1n) is 7.15. The summed E-state index contributed by atoms with van der Waals surface area (Å²) in [6, 6.07) is 6.72. The maximum Gasteiger partial charge on any atom is 0.315 e. The third kappa shape index (κ3) is 2.74. The van der Waals surface area contributed by atoms with Crippen LogP contribution in [0.4, 0.5) is 6.01 Å². The van der Waals surface area contributed by atoms with Crippen LogP contribution in [0, 0.1) is 6.92 Å². The lowest BCUT2D eigenvalue weighted by Crippen LogP contribution is -1.99. The number of rotatable bonds is 5. The molecule has 0 saturated heterocycles. The molecule has 6 heteroatoms. The van der Waals surface area contributed by atoms with Crippen molar-refractivity contribution in [3.05, 3.63) is 35.5 Å². The van der Waals surface area contributed by atoms with Crippen molar-refractivity contribution in [3.63, 3.8) is 0 Å². The molecule has 0 spiro atoms. The summed E-state index contributed by atoms with van der Waals surface area (Å²) < 4.78 is 7.59. The van der Waals surface area contributed by atoms with E-state index >= 15 is 0 Å². The second kappa shape index (κ2) is 5.55. The number of aryl methyl sites for hydroxylation is 3. The molecule has 110 valence electrons. The first kappa shape index (κ1) is 13.6. The van der Waals surface area contributed by atoms with Gasteiger partial charge in [0.1, 0.15) is 5.82 Å². The summed E-state index contributed by atoms with van der Waals surface area (Å²) >= 11 is 0. The van der Waals surface area contributed by atoms with Crippen LogP contribution >= 0.6 is 0 Å². The lowest BCUT2D eigenvalue weighted by molar-refractivity contribution is 0.501. The van der Waals surface area contributed by atoms with Crippen LogP contribution in [0.2, 0.25) is 0 Å². The second-order valence-corrected chi connectivity index (χ2v) is 5.15. The summed E-state index contributed by atoms with van der Waals surface area (Å²) in [5.41, 5.74) is 3.28. The number of fused-ring (bicyclic) bond motifs is 1. The van der Waals surface area contributed by atoms with Gasteiger partial charge in [0.2, 0.25) is 5.89 Å². The van der Waals surface area contributed by atoms with E-state index in [0.717, 1.165) is 35.3 Å². The van der Waals surface area contributed by atoms with Crippen LogP contribution in [0.25, 0.3) is 11.0 Å². The Balaban J connectivity index is 1.72. The fraction of sp³-hybridized carbons (Fsp3) is 0.400. The van der Waals surface area contributed by atoms with E-state index in [2.05, 4.69) is 50.2 Å². The molecule has 0 atom stereocenters. The van der Waals surface area contributed by atoms with Crippen molar-refractivity contribution in [3.8, 4) is 0 Å². The molecule has 1 aromatic carbocycles. The molecule has 21 heavy (non-hydrogen) atoms. The largest absolute Gasteiger partial charge is 0.408 e. The average Bonchev–Trinajstić information content (AvgIpc) is 3.03. The molecule has 0 saturated carbocycles. The summed E-state index contributed by atoms with van der Waals surface area (Å²) in [4.78, 5) is 4.54. The Labute approximate surface area is 123 Å². The van der Waals surface area contributed by atoms with Crippen molar-refractivity contribution in [2.24, 2.45) is 7.05 Å². The summed E-state index contributed by atoms with van der Waals surface area (Å²) in [7, 11) is 2.02. The van der Waals surface area contributed by atoms with Gasteiger partial charge in [-0.15, -0.1) is 5.10 Å². The fourth-order valence-electron chi connectivity index (χ4n) is 2.29. The lowest BCUT2D eigenvalue weighted by Gasteiger charge is -2.02. The zero-order chi connectivity index (χ0) is 14.8. The number of anilines is 1. The molecule has 0 bridgehead atoms. The zero-order valence-corrected chi connectivity index (χ0v) is 12.6. The van der Waals surface area contributed by atoms with E-state index < -0.39 is 0 Å². The van der Waals surface area contributed by atoms with Gasteiger partial charge in [0.05, 0.1) is 11.0 Å². The first-order chi connectivity index (χ1) is 10.2. The molecule has 0 unspecified atom stereocenters. The van der Waals surface area contributed by atoms with Crippen molar-refractivity contribution in [1.29, 1.82) is 0 Å². The minimum Gasteiger partial charge on any atom is -0.408 e. The number of nitrogens with zero attached hydrogens (tertiary/aromatic N) is 4. The quantitative estimate of drug-likeness (QED) is 0.780. The van der Waals surface area contributed by atoms with E-state index in [0.29, 0.717) is 18.5 Å². The van der Waals surface area contributed by atoms with E-state index in [1.165, 1.54) is 0 Å². The Bertz CT molecular complexity index is 759. The molecule has 6 nitrogen and oxygen atoms in total. The molecule has 0 fully saturated rings. The average molecular weight is 285 g/mol. The lowest BCUT2D eigenvalue weighted by atomic mass is 10.2. The summed E-state index contributed by atoms with van der Waals surface area (Å²) in [6.45, 7) is 4.73. The highest BCUT2D eigenvalue weighted by molar-refractivity contribution is 5.76. The van der Waals surface area contributed by atoms with Crippen LogP contribution in [0.15, 0.2) is 22.6 Å². The van der Waals surface area contributed by atoms with E-state index in [9.17, 15) is 0 Å². The highest BCUT2D eigenvalue weighted by Crippen LogP contribution is 2.17. The molecule has 0 aliphatic heterocycles. The smallest absolute Gasteiger partial charge is 0.315 e. The van der Waals surface area contributed by atoms with E-state index in [1.807, 2.05) is 14.0 Å². The molecule has 3 rings (SSSR count). The van der Waals surface area contributed by atoms with E-state index in [1.54, 1.807) is 0 Å². The third-order valence-electron chi connectivity index (χ3n) is 3.54. The SMILES string of the molecule is CCCc1nnc(NCc2ccc3c(c2)nc(C)n3C)o1. The minimum absolute atomic E-state index is 0.468. The van der Waals surface area contributed by atoms with Crippen LogP contribution in [0.1, 0.15) is 30.6 Å². The van der Waals surface area contributed by atoms with Gasteiger partial charge in [-0.25, -0.2) is 4.98 Å². The Morgan fingerprint density at radius 1 is 1.29 bits per heavy atom. The Morgan fingerprint density at radius 2 is 2.14 bits per heavy atom. The van der Waals surface area contributed by atoms with Crippen molar-refractivity contribution in [1.82, 2.24) is 19.7 Å². The van der Waals surface area contributed by atoms with E-state index in [-0.39, 0.29) is 0 Å². The molecule has 3 aromatic rings. The van der Waals surface area contributed by atoms with Crippen LogP contribution < -0.4 is 5.32 Å². The predicted molar refractivity (Wildman–Crippen MR) is 81.1 cm³/mol. The monoisotopic (exact) mass is 285 g/mol. The minimum atomic E-state index is 0.468. The van der Waals surface area contributed by atoms with Gasteiger partial charge in [-0.3, -0.25) is 0 Å². The molecule has 0 amide bonds. The Hall–Kier alpha value is -2.37. The number of benzene rings is 1. The van der Waals surface area contributed by atoms with Gasteiger partial charge < -0.3 is 14.3 Å². The predicted octanol–water partition coefficient (Wildman–Crippen LogP) is 2.83. The van der Waals surface area contributed by atoms with Gasteiger partial charge in [0.25, 0.3) is 0 Å². The number of aromatic nitrogens is 4. The summed E-state index contributed by atoms with van der Waals surface area (Å²) in [5.74, 6) is 1.69. The maximum atomic E-state index is 5.50. The van der Waals surface area contributed by atoms with Crippen LogP contribution in [-0.2, 0) is 20.0 Å². The van der Waals surface area contributed by atoms with Gasteiger partial charge >= 0.3 is 6.01 Å². The van der Waals surface area contributed by atoms with Gasteiger partial charge in [0.15, 0.2) is 0 Å². The van der Waals surface area contributed by atoms with Crippen molar-refractivity contribution >= 4 is 17.0 Å². The highest BCUT2D eigenvalue weighted by atomic mass is 16.4. The van der Waals surface area contributed by atoms with E-state index in [4.69, 9.17) is 4.42 Å². The Morgan fingerprint density at radius 3 is 2.95 bits per heavy atom. The molecule has 1 N–H and O–H groups in total. The Kier molecular flexibility index (Phi) is 3.60. The van der Waals surface area contributed by atoms with Gasteiger partial charge in [0, 0.05) is 20.0 Å². The zero-order valence-electron chi connectivity index (χ0n) is 12.6. The number of hydrogen-bond donors (Lipinski definition) is 1. The molecule has 2 heterocycles. The second-order valence-electron chi connectivity index (χ2n) is 5.15. The maximum absolute atomic E-state index is 5.50. The van der Waals surface area contributed by atoms with Crippen LogP contribution in [0.5, 0.6) is 0 Å². The van der Waals surface area contributed by atoms with Crippen LogP contribution in [0.3, 0.4) is 0 Å². The normalized spacial score (nSPS) is 11.2. The van der Waals surface area contributed by atoms with Gasteiger partial charge in [-0.05, 0) is 31.0 Å². The first-order valence-corrected chi connectivity index (χ1v) is 7.15. The van der Waals surface area contributed by atoms with Crippen molar-refractivity contribution < 1.29 is 4.42 Å². The topological polar surface area (TPSA) is 68.8 Å². The summed E-state index contributed by atoms with van der Waals surface area (Å²) in [6.07, 6.45) is 1.81. The molecule has 0 radical (unpaired) electrons. The highest BCUT2D eigenvalue weighted by Gasteiger charge is 2.07. The standard InChI is InChI=1S/C15H19N5O/c1-4-5-14-18-19-15(21-14)16-9-11-6-7-13-12(8-11)17-10(2)20(13)3/h6-8H,4-5,9H2,1-3H3,(H,16,19). The summed E-state index contributed by atoms with van der Waals surface area (Å²) in [5, 5.41) is 11.1. The molecular formula is C15H19N5O. The number of nitrogens with one attached hydrogen (secondary N) is 1. The number of hydrogen-bond acceptors (Lipinski definition) is 5. The molecule has 2 aromatic heterocycles. The number of imidazole rings is 1. The molecule has 0 aliphatic rings. The molecule has 0 aliphatic carbocycles. The van der Waals surface area contributed by atoms with Gasteiger partial charge in [-0.2, -0.15) is 0 Å². The third-order valence-corrected chi connectivity index (χ3v) is 3.54.